The molecular weight excluding hydrogens is 368 g/mol. The zero-order chi connectivity index (χ0) is 20.4. The molecule has 10 nitrogen and oxygen atoms in total. The van der Waals surface area contributed by atoms with Gasteiger partial charge in [-0.1, -0.05) is 0 Å². The van der Waals surface area contributed by atoms with Gasteiger partial charge in [0.2, 0.25) is 0 Å². The van der Waals surface area contributed by atoms with E-state index in [0.717, 1.165) is 17.0 Å². The lowest BCUT2D eigenvalue weighted by Crippen LogP contribution is -2.20. The first-order valence-corrected chi connectivity index (χ1v) is 8.03. The summed E-state index contributed by atoms with van der Waals surface area (Å²) in [5.41, 5.74) is -0.181. The lowest BCUT2D eigenvalue weighted by Gasteiger charge is -2.10. The summed E-state index contributed by atoms with van der Waals surface area (Å²) >= 11 is 0. The molecule has 0 saturated carbocycles. The Hall–Kier alpha value is -3.95. The number of non-ortho nitro benzene ring substituents is 1. The number of hydrogen-bond donors (Lipinski definition) is 1. The fourth-order valence-corrected chi connectivity index (χ4v) is 2.63. The number of aromatic hydroxyl groups is 1. The van der Waals surface area contributed by atoms with Gasteiger partial charge in [0.15, 0.2) is 11.5 Å². The molecule has 144 valence electrons. The summed E-state index contributed by atoms with van der Waals surface area (Å²) in [6, 6.07) is 6.59. The number of ether oxygens (including phenoxy) is 2. The number of nitro benzene ring substituents is 1. The maximum atomic E-state index is 12.8. The molecule has 0 saturated heterocycles. The third-order valence-electron chi connectivity index (χ3n) is 4.05. The normalized spacial score (nSPS) is 11.1. The number of hydrogen-bond acceptors (Lipinski definition) is 8. The van der Waals surface area contributed by atoms with Crippen LogP contribution in [0.4, 0.5) is 5.69 Å². The molecule has 1 aromatic heterocycles. The van der Waals surface area contributed by atoms with Gasteiger partial charge < -0.3 is 14.6 Å². The molecule has 0 aliphatic carbocycles. The van der Waals surface area contributed by atoms with Crippen molar-refractivity contribution < 1.29 is 19.5 Å². The van der Waals surface area contributed by atoms with E-state index in [1.165, 1.54) is 32.4 Å². The van der Waals surface area contributed by atoms with Gasteiger partial charge in [0, 0.05) is 23.8 Å². The van der Waals surface area contributed by atoms with Crippen LogP contribution in [0.3, 0.4) is 0 Å². The molecular formula is C18H16N4O6. The average molecular weight is 384 g/mol. The summed E-state index contributed by atoms with van der Waals surface area (Å²) in [6.45, 7) is 1.59. The van der Waals surface area contributed by atoms with Gasteiger partial charge in [-0.15, -0.1) is 0 Å². The van der Waals surface area contributed by atoms with Gasteiger partial charge in [0.05, 0.1) is 36.3 Å². The van der Waals surface area contributed by atoms with E-state index >= 15 is 0 Å². The summed E-state index contributed by atoms with van der Waals surface area (Å²) < 4.78 is 11.5. The topological polar surface area (TPSA) is 129 Å². The van der Waals surface area contributed by atoms with Crippen molar-refractivity contribution >= 4 is 22.8 Å². The second kappa shape index (κ2) is 7.35. The van der Waals surface area contributed by atoms with Crippen molar-refractivity contribution in [2.75, 3.05) is 14.2 Å². The third kappa shape index (κ3) is 3.34. The van der Waals surface area contributed by atoms with Crippen molar-refractivity contribution in [3.8, 4) is 17.2 Å². The number of nitrogens with zero attached hydrogens (tertiary/aromatic N) is 4. The number of fused-ring (bicyclic) bond motifs is 1. The van der Waals surface area contributed by atoms with E-state index in [4.69, 9.17) is 9.47 Å². The lowest BCUT2D eigenvalue weighted by atomic mass is 10.2. The highest BCUT2D eigenvalue weighted by Crippen LogP contribution is 2.30. The van der Waals surface area contributed by atoms with Crippen LogP contribution in [0, 0.1) is 17.0 Å². The Bertz CT molecular complexity index is 1170. The summed E-state index contributed by atoms with van der Waals surface area (Å²) in [7, 11) is 2.93. The molecule has 3 aromatic rings. The predicted octanol–water partition coefficient (Wildman–Crippen LogP) is 2.22. The molecule has 0 unspecified atom stereocenters. The molecule has 2 aromatic carbocycles. The number of phenolic OH excluding ortho intramolecular Hbond substituents is 1. The number of aryl methyl sites for hydroxylation is 1. The maximum absolute atomic E-state index is 12.8. The fourth-order valence-electron chi connectivity index (χ4n) is 2.63. The minimum absolute atomic E-state index is 0.0907. The summed E-state index contributed by atoms with van der Waals surface area (Å²) in [4.78, 5) is 27.5. The molecule has 1 N–H and O–H groups in total. The number of methoxy groups -OCH3 is 2. The Morgan fingerprint density at radius 3 is 2.54 bits per heavy atom. The fraction of sp³-hybridized carbons (Fsp3) is 0.167. The highest BCUT2D eigenvalue weighted by molar-refractivity contribution is 5.85. The van der Waals surface area contributed by atoms with E-state index in [9.17, 15) is 20.0 Å². The first kappa shape index (κ1) is 18.8. The van der Waals surface area contributed by atoms with Gasteiger partial charge in [-0.3, -0.25) is 14.9 Å². The van der Waals surface area contributed by atoms with Crippen molar-refractivity contribution in [1.29, 1.82) is 0 Å². The molecule has 0 aliphatic heterocycles. The average Bonchev–Trinajstić information content (AvgIpc) is 2.67. The molecule has 0 amide bonds. The van der Waals surface area contributed by atoms with Crippen LogP contribution in [-0.2, 0) is 0 Å². The quantitative estimate of drug-likeness (QED) is 0.405. The Morgan fingerprint density at radius 1 is 1.21 bits per heavy atom. The molecule has 0 aliphatic rings. The van der Waals surface area contributed by atoms with Crippen molar-refractivity contribution in [1.82, 2.24) is 9.66 Å². The second-order valence-corrected chi connectivity index (χ2v) is 5.75. The van der Waals surface area contributed by atoms with E-state index < -0.39 is 10.5 Å². The maximum Gasteiger partial charge on any atom is 0.282 e. The summed E-state index contributed by atoms with van der Waals surface area (Å²) in [5, 5.41) is 25.1. The standard InChI is InChI=1S/C18H16N4O6/c1-10-20-14-8-17(28-3)16(27-2)7-13(14)18(24)21(10)19-9-11-6-12(22(25)26)4-5-15(11)23/h4-9,23H,1-3H3. The number of rotatable bonds is 5. The molecule has 10 heteroatoms. The van der Waals surface area contributed by atoms with Crippen LogP contribution >= 0.6 is 0 Å². The minimum atomic E-state index is -0.592. The van der Waals surface area contributed by atoms with Crippen LogP contribution in [0.2, 0.25) is 0 Å². The highest BCUT2D eigenvalue weighted by atomic mass is 16.6. The predicted molar refractivity (Wildman–Crippen MR) is 102 cm³/mol. The Morgan fingerprint density at radius 2 is 1.89 bits per heavy atom. The smallest absolute Gasteiger partial charge is 0.282 e. The Balaban J connectivity index is 2.14. The van der Waals surface area contributed by atoms with Crippen molar-refractivity contribution in [2.24, 2.45) is 5.10 Å². The monoisotopic (exact) mass is 384 g/mol. The van der Waals surface area contributed by atoms with Crippen molar-refractivity contribution in [3.63, 3.8) is 0 Å². The molecule has 0 radical (unpaired) electrons. The van der Waals surface area contributed by atoms with Gasteiger partial charge in [0.25, 0.3) is 11.2 Å². The number of benzene rings is 2. The zero-order valence-electron chi connectivity index (χ0n) is 15.2. The van der Waals surface area contributed by atoms with Crippen LogP contribution in [0.1, 0.15) is 11.4 Å². The van der Waals surface area contributed by atoms with E-state index in [2.05, 4.69) is 10.1 Å². The van der Waals surface area contributed by atoms with Crippen LogP contribution < -0.4 is 15.0 Å². The Labute approximate surface area is 158 Å². The van der Waals surface area contributed by atoms with Crippen LogP contribution in [0.15, 0.2) is 40.2 Å². The van der Waals surface area contributed by atoms with E-state index in [0.29, 0.717) is 17.0 Å². The van der Waals surface area contributed by atoms with E-state index in [1.54, 1.807) is 13.0 Å². The van der Waals surface area contributed by atoms with E-state index in [1.807, 2.05) is 0 Å². The van der Waals surface area contributed by atoms with Crippen molar-refractivity contribution in [3.05, 3.63) is 62.2 Å². The van der Waals surface area contributed by atoms with E-state index in [-0.39, 0.29) is 28.2 Å². The second-order valence-electron chi connectivity index (χ2n) is 5.75. The van der Waals surface area contributed by atoms with Gasteiger partial charge in [-0.25, -0.2) is 4.98 Å². The van der Waals surface area contributed by atoms with Gasteiger partial charge in [0.1, 0.15) is 11.6 Å². The van der Waals surface area contributed by atoms with Crippen LogP contribution in [0.5, 0.6) is 17.2 Å². The zero-order valence-corrected chi connectivity index (χ0v) is 15.2. The Kier molecular flexibility index (Phi) is 4.94. The third-order valence-corrected chi connectivity index (χ3v) is 4.05. The van der Waals surface area contributed by atoms with Crippen molar-refractivity contribution in [2.45, 2.75) is 6.92 Å². The van der Waals surface area contributed by atoms with Gasteiger partial charge in [-0.05, 0) is 19.1 Å². The largest absolute Gasteiger partial charge is 0.507 e. The minimum Gasteiger partial charge on any atom is -0.507 e. The molecule has 28 heavy (non-hydrogen) atoms. The first-order valence-electron chi connectivity index (χ1n) is 8.03. The molecule has 0 atom stereocenters. The lowest BCUT2D eigenvalue weighted by molar-refractivity contribution is -0.384. The number of nitro groups is 1. The van der Waals surface area contributed by atoms with Crippen LogP contribution in [0.25, 0.3) is 10.9 Å². The molecule has 1 heterocycles. The van der Waals surface area contributed by atoms with Gasteiger partial charge in [-0.2, -0.15) is 9.78 Å². The number of aromatic nitrogens is 2. The first-order chi connectivity index (χ1) is 13.3. The molecule has 0 bridgehead atoms. The highest BCUT2D eigenvalue weighted by Gasteiger charge is 2.14. The summed E-state index contributed by atoms with van der Waals surface area (Å²) in [6.07, 6.45) is 1.16. The molecule has 0 spiro atoms. The molecule has 3 rings (SSSR count). The number of phenols is 1. The SMILES string of the molecule is COc1cc2nc(C)n(N=Cc3cc([N+](=O)[O-])ccc3O)c(=O)c2cc1OC. The molecule has 0 fully saturated rings. The van der Waals surface area contributed by atoms with Crippen LogP contribution in [-0.4, -0.2) is 40.1 Å². The summed E-state index contributed by atoms with van der Waals surface area (Å²) in [5.74, 6) is 0.875. The van der Waals surface area contributed by atoms with Gasteiger partial charge >= 0.3 is 0 Å².